The Kier molecular flexibility index (Phi) is 14.9. The van der Waals surface area contributed by atoms with Gasteiger partial charge in [0.15, 0.2) is 0 Å². The van der Waals surface area contributed by atoms with Crippen molar-refractivity contribution in [1.82, 2.24) is 0 Å². The first-order chi connectivity index (χ1) is 38.4. The molecule has 0 spiro atoms. The average molecular weight is 1010 g/mol. The van der Waals surface area contributed by atoms with Gasteiger partial charge >= 0.3 is 0 Å². The SMILES string of the molecule is COc1ccc(N(C)c2ccc(-c3ccc(N(c4ccccc4)c4cccc5ccccc45)cc3)cc2)cc1.COc1cccc(N(C)c2ccc(-c3ccc(N(c4ccccc4)c4cccc5ccccc45)cc3)cc2)c1. The molecule has 12 aromatic carbocycles. The van der Waals surface area contributed by atoms with Crippen LogP contribution in [0, 0.1) is 0 Å². The molecule has 0 radical (unpaired) electrons. The van der Waals surface area contributed by atoms with Gasteiger partial charge in [0.1, 0.15) is 11.5 Å². The molecule has 6 nitrogen and oxygen atoms in total. The molecule has 12 rings (SSSR count). The smallest absolute Gasteiger partial charge is 0.120 e. The maximum atomic E-state index is 5.39. The highest BCUT2D eigenvalue weighted by Crippen LogP contribution is 2.42. The van der Waals surface area contributed by atoms with Crippen LogP contribution in [0.1, 0.15) is 0 Å². The van der Waals surface area contributed by atoms with Crippen LogP contribution in [0.5, 0.6) is 11.5 Å². The van der Waals surface area contributed by atoms with E-state index in [1.807, 2.05) is 30.3 Å². The van der Waals surface area contributed by atoms with Crippen molar-refractivity contribution in [3.63, 3.8) is 0 Å². The average Bonchev–Trinajstić information content (AvgIpc) is 3.56. The molecular formula is C72H60N4O2. The monoisotopic (exact) mass is 1010 g/mol. The summed E-state index contributed by atoms with van der Waals surface area (Å²) in [6.07, 6.45) is 0. The number of hydrogen-bond acceptors (Lipinski definition) is 6. The van der Waals surface area contributed by atoms with Crippen molar-refractivity contribution < 1.29 is 9.47 Å². The summed E-state index contributed by atoms with van der Waals surface area (Å²) in [5.74, 6) is 1.71. The van der Waals surface area contributed by atoms with Gasteiger partial charge in [-0.1, -0.05) is 164 Å². The highest BCUT2D eigenvalue weighted by Gasteiger charge is 2.17. The van der Waals surface area contributed by atoms with Gasteiger partial charge in [-0.2, -0.15) is 0 Å². The molecule has 0 bridgehead atoms. The zero-order valence-corrected chi connectivity index (χ0v) is 44.3. The van der Waals surface area contributed by atoms with Gasteiger partial charge < -0.3 is 29.1 Å². The van der Waals surface area contributed by atoms with E-state index in [-0.39, 0.29) is 0 Å². The van der Waals surface area contributed by atoms with E-state index in [0.717, 1.165) is 68.4 Å². The molecule has 380 valence electrons. The fourth-order valence-corrected chi connectivity index (χ4v) is 10.1. The van der Waals surface area contributed by atoms with Crippen LogP contribution in [0.3, 0.4) is 0 Å². The number of rotatable bonds is 14. The predicted octanol–water partition coefficient (Wildman–Crippen LogP) is 19.5. The predicted molar refractivity (Wildman–Crippen MR) is 330 cm³/mol. The highest BCUT2D eigenvalue weighted by atomic mass is 16.5. The van der Waals surface area contributed by atoms with Gasteiger partial charge in [0.2, 0.25) is 0 Å². The van der Waals surface area contributed by atoms with E-state index in [9.17, 15) is 0 Å². The molecule has 0 N–H and O–H groups in total. The fourth-order valence-electron chi connectivity index (χ4n) is 10.1. The zero-order valence-electron chi connectivity index (χ0n) is 44.3. The Balaban J connectivity index is 0.000000165. The zero-order chi connectivity index (χ0) is 53.2. The molecule has 0 saturated carbocycles. The molecule has 0 aliphatic carbocycles. The third-order valence-corrected chi connectivity index (χ3v) is 14.4. The Labute approximate surface area is 458 Å². The summed E-state index contributed by atoms with van der Waals surface area (Å²) in [4.78, 5) is 9.00. The first kappa shape index (κ1) is 50.1. The van der Waals surface area contributed by atoms with Crippen LogP contribution in [-0.2, 0) is 0 Å². The van der Waals surface area contributed by atoms with Gasteiger partial charge in [0.05, 0.1) is 25.6 Å². The lowest BCUT2D eigenvalue weighted by atomic mass is 10.0. The first-order valence-electron chi connectivity index (χ1n) is 26.2. The van der Waals surface area contributed by atoms with E-state index < -0.39 is 0 Å². The number of benzene rings is 12. The summed E-state index contributed by atoms with van der Waals surface area (Å²) in [5.41, 5.74) is 16.0. The van der Waals surface area contributed by atoms with Crippen LogP contribution in [0.4, 0.5) is 56.9 Å². The summed E-state index contributed by atoms with van der Waals surface area (Å²) in [7, 11) is 7.54. The summed E-state index contributed by atoms with van der Waals surface area (Å²) in [6.45, 7) is 0. The van der Waals surface area contributed by atoms with Crippen LogP contribution in [0.25, 0.3) is 43.8 Å². The normalized spacial score (nSPS) is 10.8. The Morgan fingerprint density at radius 1 is 0.244 bits per heavy atom. The summed E-state index contributed by atoms with van der Waals surface area (Å²) in [6, 6.07) is 102. The summed E-state index contributed by atoms with van der Waals surface area (Å²) >= 11 is 0. The molecule has 0 aliphatic heterocycles. The van der Waals surface area contributed by atoms with Gasteiger partial charge in [-0.15, -0.1) is 0 Å². The van der Waals surface area contributed by atoms with Crippen molar-refractivity contribution in [2.75, 3.05) is 47.9 Å². The highest BCUT2D eigenvalue weighted by molar-refractivity contribution is 6.00. The number of anilines is 10. The van der Waals surface area contributed by atoms with Crippen molar-refractivity contribution in [2.24, 2.45) is 0 Å². The first-order valence-corrected chi connectivity index (χ1v) is 26.2. The molecule has 6 heteroatoms. The van der Waals surface area contributed by atoms with Gasteiger partial charge in [0, 0.05) is 76.4 Å². The quantitative estimate of drug-likeness (QED) is 0.108. The number of nitrogens with zero attached hydrogens (tertiary/aromatic N) is 4. The second-order valence-corrected chi connectivity index (χ2v) is 19.0. The van der Waals surface area contributed by atoms with E-state index >= 15 is 0 Å². The van der Waals surface area contributed by atoms with Crippen molar-refractivity contribution in [3.8, 4) is 33.8 Å². The van der Waals surface area contributed by atoms with E-state index in [0.29, 0.717) is 0 Å². The van der Waals surface area contributed by atoms with Crippen LogP contribution in [-0.4, -0.2) is 28.3 Å². The van der Waals surface area contributed by atoms with Gasteiger partial charge in [-0.3, -0.25) is 0 Å². The molecule has 0 amide bonds. The number of para-hydroxylation sites is 2. The molecule has 0 saturated heterocycles. The van der Waals surface area contributed by atoms with E-state index in [2.05, 4.69) is 295 Å². The molecular weight excluding hydrogens is 953 g/mol. The lowest BCUT2D eigenvalue weighted by Crippen LogP contribution is -2.10. The van der Waals surface area contributed by atoms with Crippen molar-refractivity contribution in [2.45, 2.75) is 0 Å². The number of hydrogen-bond donors (Lipinski definition) is 0. The molecule has 0 fully saturated rings. The van der Waals surface area contributed by atoms with Gasteiger partial charge in [-0.05, 0) is 154 Å². The molecule has 78 heavy (non-hydrogen) atoms. The van der Waals surface area contributed by atoms with Crippen LogP contribution >= 0.6 is 0 Å². The Morgan fingerprint density at radius 2 is 0.551 bits per heavy atom. The largest absolute Gasteiger partial charge is 0.497 e. The van der Waals surface area contributed by atoms with Crippen molar-refractivity contribution in [3.05, 3.63) is 291 Å². The molecule has 0 heterocycles. The number of fused-ring (bicyclic) bond motifs is 2. The Morgan fingerprint density at radius 3 is 0.962 bits per heavy atom. The minimum Gasteiger partial charge on any atom is -0.497 e. The fraction of sp³-hybridized carbons (Fsp3) is 0.0556. The maximum Gasteiger partial charge on any atom is 0.120 e. The molecule has 0 aromatic heterocycles. The summed E-state index contributed by atoms with van der Waals surface area (Å²) in [5, 5.41) is 4.91. The molecule has 0 aliphatic rings. The summed E-state index contributed by atoms with van der Waals surface area (Å²) < 4.78 is 10.7. The topological polar surface area (TPSA) is 31.4 Å². The maximum absolute atomic E-state index is 5.39. The molecule has 0 unspecified atom stereocenters. The third kappa shape index (κ3) is 10.9. The third-order valence-electron chi connectivity index (χ3n) is 14.4. The van der Waals surface area contributed by atoms with Gasteiger partial charge in [0.25, 0.3) is 0 Å². The number of ether oxygens (including phenoxy) is 2. The van der Waals surface area contributed by atoms with Crippen LogP contribution < -0.4 is 29.1 Å². The van der Waals surface area contributed by atoms with E-state index in [1.54, 1.807) is 14.2 Å². The van der Waals surface area contributed by atoms with Gasteiger partial charge in [-0.25, -0.2) is 0 Å². The van der Waals surface area contributed by atoms with Crippen LogP contribution in [0.2, 0.25) is 0 Å². The number of methoxy groups -OCH3 is 2. The Bertz CT molecular complexity index is 3880. The van der Waals surface area contributed by atoms with E-state index in [1.165, 1.54) is 43.8 Å². The second kappa shape index (κ2) is 23.2. The Hall–Kier alpha value is -10.0. The van der Waals surface area contributed by atoms with E-state index in [4.69, 9.17) is 9.47 Å². The molecule has 12 aromatic rings. The molecule has 0 atom stereocenters. The lowest BCUT2D eigenvalue weighted by molar-refractivity contribution is 0.415. The minimum absolute atomic E-state index is 0.851. The lowest BCUT2D eigenvalue weighted by Gasteiger charge is -2.27. The van der Waals surface area contributed by atoms with Crippen molar-refractivity contribution in [1.29, 1.82) is 0 Å². The minimum atomic E-state index is 0.851. The van der Waals surface area contributed by atoms with Crippen molar-refractivity contribution >= 4 is 78.4 Å². The standard InChI is InChI=1S/2C36H30N2O/c1-37(33-14-9-15-34(26-33)39-2)30-22-18-27(19-23-30)28-20-24-32(25-21-28)38(31-12-4-3-5-13-31)36-17-8-11-29-10-6-7-16-35(29)36;1-37(31-23-25-34(39-2)26-24-31)30-19-15-27(16-20-30)28-17-21-33(22-18-28)38(32-11-4-3-5-12-32)36-14-8-10-29-9-6-7-13-35(29)36/h2*3-26H,1-2H3. The second-order valence-electron chi connectivity index (χ2n) is 19.0. The van der Waals surface area contributed by atoms with Crippen LogP contribution in [0.15, 0.2) is 291 Å².